The maximum atomic E-state index is 12.3. The van der Waals surface area contributed by atoms with E-state index < -0.39 is 0 Å². The van der Waals surface area contributed by atoms with Gasteiger partial charge in [0.05, 0.1) is 17.2 Å². The Morgan fingerprint density at radius 2 is 1.81 bits per heavy atom. The average Bonchev–Trinajstić information content (AvgIpc) is 3.22. The van der Waals surface area contributed by atoms with Crippen molar-refractivity contribution in [3.63, 3.8) is 0 Å². The molecule has 2 aromatic carbocycles. The molecule has 1 atom stereocenters. The number of carbonyl (C=O) groups excluding carboxylic acids is 1. The molecular formula is C21H25NO3S2. The van der Waals surface area contributed by atoms with Gasteiger partial charge in [0.2, 0.25) is 0 Å². The number of hydrogen-bond acceptors (Lipinski definition) is 5. The van der Waals surface area contributed by atoms with E-state index in [1.54, 1.807) is 0 Å². The molecule has 1 aliphatic rings. The van der Waals surface area contributed by atoms with Crippen molar-refractivity contribution >= 4 is 29.4 Å². The Labute approximate surface area is 169 Å². The van der Waals surface area contributed by atoms with Crippen molar-refractivity contribution in [2.75, 3.05) is 24.7 Å². The van der Waals surface area contributed by atoms with Gasteiger partial charge in [-0.15, -0.1) is 23.5 Å². The van der Waals surface area contributed by atoms with Crippen LogP contribution in [0, 0.1) is 0 Å². The van der Waals surface area contributed by atoms with Crippen LogP contribution in [-0.4, -0.2) is 30.6 Å². The van der Waals surface area contributed by atoms with E-state index in [0.29, 0.717) is 11.2 Å². The van der Waals surface area contributed by atoms with Gasteiger partial charge < -0.3 is 14.8 Å². The van der Waals surface area contributed by atoms with Crippen molar-refractivity contribution in [1.82, 2.24) is 5.32 Å². The Bertz CT molecular complexity index is 745. The summed E-state index contributed by atoms with van der Waals surface area (Å²) in [6, 6.07) is 15.7. The van der Waals surface area contributed by atoms with Crippen LogP contribution >= 0.6 is 23.5 Å². The summed E-state index contributed by atoms with van der Waals surface area (Å²) in [7, 11) is 0. The van der Waals surface area contributed by atoms with Crippen molar-refractivity contribution in [3.8, 4) is 11.5 Å². The number of nitrogens with one attached hydrogen (secondary N) is 1. The Kier molecular flexibility index (Phi) is 7.35. The third-order valence-corrected chi connectivity index (χ3v) is 7.29. The molecule has 1 heterocycles. The lowest BCUT2D eigenvalue weighted by atomic mass is 10.1. The lowest BCUT2D eigenvalue weighted by Gasteiger charge is -2.17. The van der Waals surface area contributed by atoms with Crippen LogP contribution in [0.4, 0.5) is 0 Å². The SMILES string of the molecule is CCOc1ccc(C(C)NC(=O)COc2ccccc2C2SCCS2)cc1. The van der Waals surface area contributed by atoms with Crippen LogP contribution in [0.2, 0.25) is 0 Å². The van der Waals surface area contributed by atoms with Gasteiger partial charge in [-0.2, -0.15) is 0 Å². The zero-order chi connectivity index (χ0) is 19.1. The van der Waals surface area contributed by atoms with E-state index >= 15 is 0 Å². The number of benzene rings is 2. The molecule has 2 aromatic rings. The Morgan fingerprint density at radius 3 is 2.52 bits per heavy atom. The molecule has 0 spiro atoms. The highest BCUT2D eigenvalue weighted by Crippen LogP contribution is 2.48. The van der Waals surface area contributed by atoms with Crippen LogP contribution in [0.15, 0.2) is 48.5 Å². The van der Waals surface area contributed by atoms with E-state index in [0.717, 1.165) is 34.1 Å². The van der Waals surface area contributed by atoms with Gasteiger partial charge in [-0.1, -0.05) is 30.3 Å². The molecule has 1 unspecified atom stereocenters. The van der Waals surface area contributed by atoms with Gasteiger partial charge in [0.25, 0.3) is 5.91 Å². The molecule has 1 N–H and O–H groups in total. The van der Waals surface area contributed by atoms with Gasteiger partial charge in [0.15, 0.2) is 6.61 Å². The van der Waals surface area contributed by atoms with E-state index in [4.69, 9.17) is 9.47 Å². The van der Waals surface area contributed by atoms with Gasteiger partial charge in [-0.3, -0.25) is 4.79 Å². The van der Waals surface area contributed by atoms with Gasteiger partial charge in [-0.25, -0.2) is 0 Å². The number of ether oxygens (including phenoxy) is 2. The molecule has 0 aromatic heterocycles. The van der Waals surface area contributed by atoms with Crippen molar-refractivity contribution in [3.05, 3.63) is 59.7 Å². The summed E-state index contributed by atoms with van der Waals surface area (Å²) in [6.07, 6.45) is 0. The van der Waals surface area contributed by atoms with E-state index in [9.17, 15) is 4.79 Å². The normalized spacial score (nSPS) is 15.3. The molecule has 1 saturated heterocycles. The minimum Gasteiger partial charge on any atom is -0.494 e. The second-order valence-electron chi connectivity index (χ2n) is 6.19. The first kappa shape index (κ1) is 20.0. The molecule has 0 bridgehead atoms. The third kappa shape index (κ3) is 5.59. The highest BCUT2D eigenvalue weighted by molar-refractivity contribution is 8.19. The van der Waals surface area contributed by atoms with E-state index in [2.05, 4.69) is 11.4 Å². The minimum atomic E-state index is -0.127. The highest BCUT2D eigenvalue weighted by atomic mass is 32.2. The molecule has 144 valence electrons. The molecule has 1 amide bonds. The summed E-state index contributed by atoms with van der Waals surface area (Å²) in [6.45, 7) is 4.58. The van der Waals surface area contributed by atoms with E-state index in [1.807, 2.05) is 79.8 Å². The number of hydrogen-bond donors (Lipinski definition) is 1. The Hall–Kier alpha value is -1.79. The van der Waals surface area contributed by atoms with Crippen molar-refractivity contribution in [1.29, 1.82) is 0 Å². The largest absolute Gasteiger partial charge is 0.494 e. The summed E-state index contributed by atoms with van der Waals surface area (Å²) < 4.78 is 11.7. The minimum absolute atomic E-state index is 0.0143. The molecule has 0 radical (unpaired) electrons. The lowest BCUT2D eigenvalue weighted by Crippen LogP contribution is -2.31. The van der Waals surface area contributed by atoms with Gasteiger partial charge >= 0.3 is 0 Å². The summed E-state index contributed by atoms with van der Waals surface area (Å²) in [5.41, 5.74) is 2.20. The summed E-state index contributed by atoms with van der Waals surface area (Å²) in [4.78, 5) is 12.3. The van der Waals surface area contributed by atoms with Crippen molar-refractivity contribution in [2.45, 2.75) is 24.5 Å². The van der Waals surface area contributed by atoms with Crippen LogP contribution in [0.5, 0.6) is 11.5 Å². The first-order valence-corrected chi connectivity index (χ1v) is 11.2. The van der Waals surface area contributed by atoms with Gasteiger partial charge in [0, 0.05) is 17.1 Å². The quantitative estimate of drug-likeness (QED) is 0.685. The predicted molar refractivity (Wildman–Crippen MR) is 114 cm³/mol. The summed E-state index contributed by atoms with van der Waals surface area (Å²) in [5.74, 6) is 3.82. The number of amides is 1. The molecular weight excluding hydrogens is 378 g/mol. The Balaban J connectivity index is 1.54. The van der Waals surface area contributed by atoms with Gasteiger partial charge in [0.1, 0.15) is 11.5 Å². The number of para-hydroxylation sites is 1. The monoisotopic (exact) mass is 403 g/mol. The molecule has 27 heavy (non-hydrogen) atoms. The molecule has 0 saturated carbocycles. The lowest BCUT2D eigenvalue weighted by molar-refractivity contribution is -0.123. The molecule has 0 aliphatic carbocycles. The second-order valence-corrected chi connectivity index (χ2v) is 8.92. The zero-order valence-electron chi connectivity index (χ0n) is 15.6. The van der Waals surface area contributed by atoms with Crippen LogP contribution in [0.3, 0.4) is 0 Å². The van der Waals surface area contributed by atoms with Crippen LogP contribution < -0.4 is 14.8 Å². The first-order valence-electron chi connectivity index (χ1n) is 9.14. The number of thioether (sulfide) groups is 2. The predicted octanol–water partition coefficient (Wildman–Crippen LogP) is 4.82. The molecule has 3 rings (SSSR count). The summed E-state index contributed by atoms with van der Waals surface area (Å²) in [5, 5.41) is 2.99. The van der Waals surface area contributed by atoms with Crippen LogP contribution in [0.1, 0.15) is 35.6 Å². The Morgan fingerprint density at radius 1 is 1.11 bits per heavy atom. The first-order chi connectivity index (χ1) is 13.2. The second kappa shape index (κ2) is 9.95. The van der Waals surface area contributed by atoms with Crippen LogP contribution in [-0.2, 0) is 4.79 Å². The van der Waals surface area contributed by atoms with E-state index in [-0.39, 0.29) is 18.6 Å². The fraction of sp³-hybridized carbons (Fsp3) is 0.381. The molecule has 6 heteroatoms. The molecule has 1 aliphatic heterocycles. The fourth-order valence-corrected chi connectivity index (χ4v) is 5.78. The van der Waals surface area contributed by atoms with Crippen molar-refractivity contribution in [2.24, 2.45) is 0 Å². The number of rotatable bonds is 8. The third-order valence-electron chi connectivity index (χ3n) is 4.22. The van der Waals surface area contributed by atoms with Crippen LogP contribution in [0.25, 0.3) is 0 Å². The highest BCUT2D eigenvalue weighted by Gasteiger charge is 2.22. The average molecular weight is 404 g/mol. The zero-order valence-corrected chi connectivity index (χ0v) is 17.3. The van der Waals surface area contributed by atoms with E-state index in [1.165, 1.54) is 0 Å². The number of carbonyl (C=O) groups is 1. The summed E-state index contributed by atoms with van der Waals surface area (Å²) >= 11 is 3.86. The smallest absolute Gasteiger partial charge is 0.258 e. The fourth-order valence-electron chi connectivity index (χ4n) is 2.87. The maximum Gasteiger partial charge on any atom is 0.258 e. The maximum absolute atomic E-state index is 12.3. The molecule has 4 nitrogen and oxygen atoms in total. The standard InChI is InChI=1S/C21H25NO3S2/c1-3-24-17-10-8-16(9-11-17)15(2)22-20(23)14-25-19-7-5-4-6-18(19)21-26-12-13-27-21/h4-11,15,21H,3,12-14H2,1-2H3,(H,22,23). The van der Waals surface area contributed by atoms with Crippen molar-refractivity contribution < 1.29 is 14.3 Å². The topological polar surface area (TPSA) is 47.6 Å². The molecule has 1 fully saturated rings. The van der Waals surface area contributed by atoms with Gasteiger partial charge in [-0.05, 0) is 37.6 Å².